The Morgan fingerprint density at radius 3 is 1.66 bits per heavy atom. The van der Waals surface area contributed by atoms with Gasteiger partial charge < -0.3 is 0 Å². The number of benzene rings is 6. The Morgan fingerprint density at radius 1 is 0.390 bits per heavy atom. The highest BCUT2D eigenvalue weighted by molar-refractivity contribution is 7.21. The molecule has 0 aliphatic heterocycles. The van der Waals surface area contributed by atoms with E-state index in [1.54, 1.807) is 11.3 Å². The van der Waals surface area contributed by atoms with Gasteiger partial charge in [-0.15, -0.1) is 11.3 Å². The van der Waals surface area contributed by atoms with Gasteiger partial charge in [0.15, 0.2) is 17.5 Å². The molecule has 0 unspecified atom stereocenters. The molecule has 0 bridgehead atoms. The van der Waals surface area contributed by atoms with Crippen LogP contribution in [0.25, 0.3) is 76.5 Å². The molecule has 0 spiro atoms. The lowest BCUT2D eigenvalue weighted by Crippen LogP contribution is -2.00. The van der Waals surface area contributed by atoms with Gasteiger partial charge in [-0.3, -0.25) is 0 Å². The van der Waals surface area contributed by atoms with Crippen molar-refractivity contribution in [1.82, 2.24) is 19.9 Å². The summed E-state index contributed by atoms with van der Waals surface area (Å²) in [6.45, 7) is 0. The Bertz CT molecular complexity index is 2150. The van der Waals surface area contributed by atoms with Crippen LogP contribution in [-0.4, -0.2) is 19.9 Å². The second-order valence-corrected chi connectivity index (χ2v) is 11.0. The Labute approximate surface area is 240 Å². The molecule has 0 saturated carbocycles. The second-order valence-electron chi connectivity index (χ2n) is 9.97. The highest BCUT2D eigenvalue weighted by Gasteiger charge is 2.15. The van der Waals surface area contributed by atoms with Crippen molar-refractivity contribution in [3.05, 3.63) is 133 Å². The van der Waals surface area contributed by atoms with Crippen LogP contribution < -0.4 is 0 Å². The highest BCUT2D eigenvalue weighted by Crippen LogP contribution is 2.37. The Kier molecular flexibility index (Phi) is 5.61. The molecule has 0 fully saturated rings. The lowest BCUT2D eigenvalue weighted by atomic mass is 10.0. The van der Waals surface area contributed by atoms with Gasteiger partial charge in [0.05, 0.1) is 10.2 Å². The van der Waals surface area contributed by atoms with E-state index in [1.165, 1.54) is 10.8 Å². The average molecular weight is 543 g/mol. The third-order valence-corrected chi connectivity index (χ3v) is 8.40. The van der Waals surface area contributed by atoms with Gasteiger partial charge in [-0.25, -0.2) is 19.9 Å². The smallest absolute Gasteiger partial charge is 0.164 e. The van der Waals surface area contributed by atoms with E-state index in [-0.39, 0.29) is 0 Å². The van der Waals surface area contributed by atoms with Gasteiger partial charge in [-0.2, -0.15) is 0 Å². The standard InChI is InChI=1S/C36H22N4S/c1-3-10-25(11-4-1)33-38-34(26-12-5-2-6-13-26)40-35(39-33)28-17-16-24-19-20-31-32(30(24)22-28)37-36(41-31)29-18-15-23-9-7-8-14-27(23)21-29/h1-22H. The molecule has 5 heteroatoms. The first-order chi connectivity index (χ1) is 20.3. The Hall–Kier alpha value is -5.26. The van der Waals surface area contributed by atoms with Gasteiger partial charge in [-0.05, 0) is 34.4 Å². The molecular weight excluding hydrogens is 520 g/mol. The van der Waals surface area contributed by atoms with Crippen molar-refractivity contribution in [3.63, 3.8) is 0 Å². The van der Waals surface area contributed by atoms with Gasteiger partial charge in [0.2, 0.25) is 0 Å². The minimum Gasteiger partial charge on any atom is -0.235 e. The highest BCUT2D eigenvalue weighted by atomic mass is 32.1. The van der Waals surface area contributed by atoms with Crippen LogP contribution in [0.5, 0.6) is 0 Å². The normalized spacial score (nSPS) is 11.4. The van der Waals surface area contributed by atoms with E-state index in [9.17, 15) is 0 Å². The third kappa shape index (κ3) is 4.33. The number of thiazole rings is 1. The zero-order chi connectivity index (χ0) is 27.2. The van der Waals surface area contributed by atoms with Gasteiger partial charge >= 0.3 is 0 Å². The Balaban J connectivity index is 1.29. The summed E-state index contributed by atoms with van der Waals surface area (Å²) in [4.78, 5) is 19.8. The zero-order valence-electron chi connectivity index (χ0n) is 21.9. The molecule has 8 aromatic rings. The number of fused-ring (bicyclic) bond motifs is 4. The molecule has 4 nitrogen and oxygen atoms in total. The van der Waals surface area contributed by atoms with E-state index in [1.807, 2.05) is 60.7 Å². The van der Waals surface area contributed by atoms with Crippen molar-refractivity contribution in [3.8, 4) is 44.7 Å². The van der Waals surface area contributed by atoms with Gasteiger partial charge in [0.1, 0.15) is 5.01 Å². The predicted octanol–water partition coefficient (Wildman–Crippen LogP) is 9.46. The minimum atomic E-state index is 0.640. The van der Waals surface area contributed by atoms with Crippen LogP contribution in [0.4, 0.5) is 0 Å². The van der Waals surface area contributed by atoms with E-state index < -0.39 is 0 Å². The quantitative estimate of drug-likeness (QED) is 0.222. The van der Waals surface area contributed by atoms with Crippen molar-refractivity contribution in [2.45, 2.75) is 0 Å². The number of nitrogens with zero attached hydrogens (tertiary/aromatic N) is 4. The van der Waals surface area contributed by atoms with E-state index >= 15 is 0 Å². The Morgan fingerprint density at radius 2 is 0.951 bits per heavy atom. The molecule has 0 atom stereocenters. The topological polar surface area (TPSA) is 51.6 Å². The summed E-state index contributed by atoms with van der Waals surface area (Å²) < 4.78 is 1.16. The van der Waals surface area contributed by atoms with E-state index in [0.717, 1.165) is 48.3 Å². The van der Waals surface area contributed by atoms with Crippen LogP contribution in [-0.2, 0) is 0 Å². The summed E-state index contributed by atoms with van der Waals surface area (Å²) >= 11 is 1.72. The van der Waals surface area contributed by atoms with E-state index in [4.69, 9.17) is 19.9 Å². The van der Waals surface area contributed by atoms with Crippen LogP contribution in [0.2, 0.25) is 0 Å². The number of hydrogen-bond acceptors (Lipinski definition) is 5. The zero-order valence-corrected chi connectivity index (χ0v) is 22.7. The van der Waals surface area contributed by atoms with Crippen LogP contribution in [0.1, 0.15) is 0 Å². The number of hydrogen-bond donors (Lipinski definition) is 0. The first-order valence-corrected chi connectivity index (χ1v) is 14.3. The molecule has 8 rings (SSSR count). The molecule has 2 aromatic heterocycles. The first-order valence-electron chi connectivity index (χ1n) is 13.5. The van der Waals surface area contributed by atoms with Crippen molar-refractivity contribution in [1.29, 1.82) is 0 Å². The van der Waals surface area contributed by atoms with Crippen LogP contribution >= 0.6 is 11.3 Å². The number of rotatable bonds is 4. The van der Waals surface area contributed by atoms with Crippen molar-refractivity contribution >= 4 is 43.1 Å². The molecular formula is C36H22N4S. The maximum atomic E-state index is 5.15. The summed E-state index contributed by atoms with van der Waals surface area (Å²) in [5, 5.41) is 5.69. The van der Waals surface area contributed by atoms with Gasteiger partial charge in [0, 0.05) is 27.6 Å². The third-order valence-electron chi connectivity index (χ3n) is 7.33. The first kappa shape index (κ1) is 23.6. The summed E-state index contributed by atoms with van der Waals surface area (Å²) in [6, 6.07) is 45.8. The fraction of sp³-hybridized carbons (Fsp3) is 0. The fourth-order valence-electron chi connectivity index (χ4n) is 5.23. The summed E-state index contributed by atoms with van der Waals surface area (Å²) in [5.74, 6) is 1.95. The molecule has 0 radical (unpaired) electrons. The molecule has 192 valence electrons. The largest absolute Gasteiger partial charge is 0.235 e. The lowest BCUT2D eigenvalue weighted by Gasteiger charge is -2.09. The summed E-state index contributed by atoms with van der Waals surface area (Å²) in [6.07, 6.45) is 0. The summed E-state index contributed by atoms with van der Waals surface area (Å²) in [7, 11) is 0. The van der Waals surface area contributed by atoms with Gasteiger partial charge in [0.25, 0.3) is 0 Å². The SMILES string of the molecule is c1ccc(-c2nc(-c3ccccc3)nc(-c3ccc4ccc5sc(-c6ccc7ccccc7c6)nc5c4c3)n2)cc1. The van der Waals surface area contributed by atoms with E-state index in [2.05, 4.69) is 72.8 Å². The molecule has 41 heavy (non-hydrogen) atoms. The van der Waals surface area contributed by atoms with Crippen LogP contribution in [0.3, 0.4) is 0 Å². The molecule has 2 heterocycles. The molecule has 0 N–H and O–H groups in total. The maximum Gasteiger partial charge on any atom is 0.164 e. The molecule has 0 saturated heterocycles. The fourth-order valence-corrected chi connectivity index (χ4v) is 6.21. The van der Waals surface area contributed by atoms with Crippen LogP contribution in [0, 0.1) is 0 Å². The van der Waals surface area contributed by atoms with Crippen molar-refractivity contribution < 1.29 is 0 Å². The van der Waals surface area contributed by atoms with E-state index in [0.29, 0.717) is 17.5 Å². The predicted molar refractivity (Wildman–Crippen MR) is 170 cm³/mol. The molecule has 6 aromatic carbocycles. The van der Waals surface area contributed by atoms with Gasteiger partial charge in [-0.1, -0.05) is 115 Å². The second kappa shape index (κ2) is 9.73. The average Bonchev–Trinajstić information content (AvgIpc) is 3.50. The lowest BCUT2D eigenvalue weighted by molar-refractivity contribution is 1.07. The maximum absolute atomic E-state index is 5.15. The van der Waals surface area contributed by atoms with Crippen LogP contribution in [0.15, 0.2) is 133 Å². The molecule has 0 aliphatic rings. The minimum absolute atomic E-state index is 0.640. The monoisotopic (exact) mass is 542 g/mol. The summed E-state index contributed by atoms with van der Waals surface area (Å²) in [5.41, 5.74) is 4.97. The number of aromatic nitrogens is 4. The molecule has 0 aliphatic carbocycles. The van der Waals surface area contributed by atoms with Crippen molar-refractivity contribution in [2.24, 2.45) is 0 Å². The molecule has 0 amide bonds. The van der Waals surface area contributed by atoms with Crippen molar-refractivity contribution in [2.75, 3.05) is 0 Å².